The van der Waals surface area contributed by atoms with Crippen molar-refractivity contribution in [3.63, 3.8) is 0 Å². The van der Waals surface area contributed by atoms with Crippen molar-refractivity contribution >= 4 is 23.3 Å². The van der Waals surface area contributed by atoms with Crippen molar-refractivity contribution in [1.29, 1.82) is 0 Å². The van der Waals surface area contributed by atoms with Gasteiger partial charge in [-0.3, -0.25) is 9.69 Å². The highest BCUT2D eigenvalue weighted by Gasteiger charge is 2.33. The zero-order chi connectivity index (χ0) is 22.4. The highest BCUT2D eigenvalue weighted by atomic mass is 35.5. The fourth-order valence-electron chi connectivity index (χ4n) is 4.18. The van der Waals surface area contributed by atoms with Gasteiger partial charge in [0.25, 0.3) is 5.91 Å². The second kappa shape index (κ2) is 7.88. The third kappa shape index (κ3) is 3.46. The monoisotopic (exact) mass is 446 g/mol. The minimum atomic E-state index is -0.606. The molecule has 5 rings (SSSR count). The van der Waals surface area contributed by atoms with Gasteiger partial charge in [0.2, 0.25) is 0 Å². The molecule has 0 N–H and O–H groups in total. The molecule has 1 amide bonds. The second-order valence-electron chi connectivity index (χ2n) is 7.96. The first-order valence-corrected chi connectivity index (χ1v) is 10.6. The molecule has 32 heavy (non-hydrogen) atoms. The normalized spacial score (nSPS) is 13.0. The van der Waals surface area contributed by atoms with E-state index in [0.29, 0.717) is 18.5 Å². The molecule has 1 aliphatic rings. The van der Waals surface area contributed by atoms with Crippen molar-refractivity contribution in [1.82, 2.24) is 14.8 Å². The average molecular weight is 447 g/mol. The molecular weight excluding hydrogens is 427 g/mol. The summed E-state index contributed by atoms with van der Waals surface area (Å²) in [5.41, 5.74) is 6.91. The van der Waals surface area contributed by atoms with Gasteiger partial charge in [-0.1, -0.05) is 23.7 Å². The number of hydrogen-bond donors (Lipinski definition) is 0. The molecule has 160 valence electrons. The number of halogens is 2. The van der Waals surface area contributed by atoms with E-state index in [9.17, 15) is 9.18 Å². The van der Waals surface area contributed by atoms with Crippen LogP contribution in [0.25, 0.3) is 5.69 Å². The Morgan fingerprint density at radius 3 is 2.59 bits per heavy atom. The molecule has 2 aromatic heterocycles. The highest BCUT2D eigenvalue weighted by Crippen LogP contribution is 2.34. The van der Waals surface area contributed by atoms with Crippen LogP contribution in [0, 0.1) is 19.7 Å². The first-order valence-electron chi connectivity index (χ1n) is 10.3. The number of rotatable bonds is 4. The molecule has 0 spiro atoms. The molecule has 3 heterocycles. The topological polar surface area (TPSA) is 51.0 Å². The Bertz CT molecular complexity index is 1330. The number of carbonyl (C=O) groups is 1. The molecular formula is C25H20ClFN4O. The van der Waals surface area contributed by atoms with Crippen molar-refractivity contribution in [3.05, 3.63) is 105 Å². The van der Waals surface area contributed by atoms with E-state index in [2.05, 4.69) is 29.1 Å². The predicted molar refractivity (Wildman–Crippen MR) is 122 cm³/mol. The number of amides is 1. The van der Waals surface area contributed by atoms with Crippen LogP contribution >= 0.6 is 11.6 Å². The van der Waals surface area contributed by atoms with Crippen LogP contribution in [-0.4, -0.2) is 20.7 Å². The average Bonchev–Trinajstić information content (AvgIpc) is 3.42. The van der Waals surface area contributed by atoms with Crippen molar-refractivity contribution in [2.45, 2.75) is 26.8 Å². The van der Waals surface area contributed by atoms with Crippen LogP contribution in [0.15, 0.2) is 61.1 Å². The van der Waals surface area contributed by atoms with Gasteiger partial charge >= 0.3 is 0 Å². The van der Waals surface area contributed by atoms with E-state index in [-0.39, 0.29) is 16.7 Å². The molecule has 0 bridgehead atoms. The molecule has 5 nitrogen and oxygen atoms in total. The third-order valence-corrected chi connectivity index (χ3v) is 6.28. The van der Waals surface area contributed by atoms with Gasteiger partial charge in [-0.05, 0) is 78.4 Å². The van der Waals surface area contributed by atoms with E-state index in [1.165, 1.54) is 17.2 Å². The van der Waals surface area contributed by atoms with Gasteiger partial charge in [0, 0.05) is 24.2 Å². The summed E-state index contributed by atoms with van der Waals surface area (Å²) in [4.78, 5) is 18.6. The number of fused-ring (bicyclic) bond motifs is 1. The predicted octanol–water partition coefficient (Wildman–Crippen LogP) is 5.43. The smallest absolute Gasteiger partial charge is 0.260 e. The van der Waals surface area contributed by atoms with Crippen LogP contribution in [0.1, 0.15) is 38.2 Å². The maximum Gasteiger partial charge on any atom is 0.260 e. The molecule has 2 aromatic carbocycles. The molecule has 0 unspecified atom stereocenters. The third-order valence-electron chi connectivity index (χ3n) is 6.08. The first kappa shape index (κ1) is 20.4. The summed E-state index contributed by atoms with van der Waals surface area (Å²) >= 11 is 5.82. The lowest BCUT2D eigenvalue weighted by Gasteiger charge is -2.15. The minimum absolute atomic E-state index is 0.00316. The Hall–Kier alpha value is -3.51. The molecule has 0 saturated carbocycles. The number of benzene rings is 2. The van der Waals surface area contributed by atoms with Gasteiger partial charge < -0.3 is 0 Å². The van der Waals surface area contributed by atoms with E-state index in [1.807, 2.05) is 42.1 Å². The summed E-state index contributed by atoms with van der Waals surface area (Å²) in [6.45, 7) is 4.38. The zero-order valence-corrected chi connectivity index (χ0v) is 18.4. The van der Waals surface area contributed by atoms with Crippen LogP contribution < -0.4 is 4.90 Å². The zero-order valence-electron chi connectivity index (χ0n) is 17.6. The number of anilines is 1. The Morgan fingerprint density at radius 2 is 1.91 bits per heavy atom. The Labute approximate surface area is 190 Å². The number of aromatic nitrogens is 3. The number of hydrogen-bond acceptors (Lipinski definition) is 3. The lowest BCUT2D eigenvalue weighted by Crippen LogP contribution is -2.25. The quantitative estimate of drug-likeness (QED) is 0.420. The fourth-order valence-corrected chi connectivity index (χ4v) is 4.32. The van der Waals surface area contributed by atoms with Crippen molar-refractivity contribution in [3.8, 4) is 5.69 Å². The van der Waals surface area contributed by atoms with Gasteiger partial charge in [0.15, 0.2) is 11.6 Å². The Morgan fingerprint density at radius 1 is 1.12 bits per heavy atom. The molecule has 1 aliphatic heterocycles. The maximum absolute atomic E-state index is 14.4. The number of nitrogens with zero attached hydrogens (tertiary/aromatic N) is 4. The van der Waals surface area contributed by atoms with Crippen LogP contribution in [0.4, 0.5) is 10.2 Å². The number of carbonyl (C=O) groups excluding carboxylic acids is 1. The van der Waals surface area contributed by atoms with Gasteiger partial charge in [-0.15, -0.1) is 0 Å². The summed E-state index contributed by atoms with van der Waals surface area (Å²) < 4.78 is 16.2. The minimum Gasteiger partial charge on any atom is -0.286 e. The Kier molecular flexibility index (Phi) is 5.02. The van der Waals surface area contributed by atoms with E-state index in [4.69, 9.17) is 11.6 Å². The van der Waals surface area contributed by atoms with Crippen molar-refractivity contribution in [2.75, 3.05) is 4.90 Å². The molecule has 0 fully saturated rings. The van der Waals surface area contributed by atoms with Gasteiger partial charge in [0.05, 0.1) is 17.3 Å². The van der Waals surface area contributed by atoms with Crippen LogP contribution in [0.5, 0.6) is 0 Å². The molecule has 0 aliphatic carbocycles. The van der Waals surface area contributed by atoms with Crippen LogP contribution in [0.2, 0.25) is 5.02 Å². The van der Waals surface area contributed by atoms with Crippen molar-refractivity contribution in [2.24, 2.45) is 0 Å². The molecule has 4 aromatic rings. The largest absolute Gasteiger partial charge is 0.286 e. The highest BCUT2D eigenvalue weighted by molar-refractivity contribution is 6.30. The second-order valence-corrected chi connectivity index (χ2v) is 8.39. The maximum atomic E-state index is 14.4. The lowest BCUT2D eigenvalue weighted by molar-refractivity contribution is 0.0995. The summed E-state index contributed by atoms with van der Waals surface area (Å²) in [6, 6.07) is 13.2. The molecule has 0 radical (unpaired) electrons. The molecule has 0 saturated heterocycles. The standard InChI is InChI=1S/C25H20ClFN4O/c1-15-16(2)22-14-30(24-23(27)12-19(26)13-28-24)25(32)21(22)11-18(15)10-17-4-6-20(7-5-17)31-9-3-8-29-31/h3-9,11-13H,10,14H2,1-2H3. The fraction of sp³-hybridized carbons (Fsp3) is 0.160. The SMILES string of the molecule is Cc1c(Cc2ccc(-n3cccn3)cc2)cc2c(c1C)CN(c1ncc(Cl)cc1F)C2=O. The van der Waals surface area contributed by atoms with E-state index in [0.717, 1.165) is 33.5 Å². The Balaban J connectivity index is 1.45. The summed E-state index contributed by atoms with van der Waals surface area (Å²) in [6.07, 6.45) is 5.70. The summed E-state index contributed by atoms with van der Waals surface area (Å²) in [7, 11) is 0. The lowest BCUT2D eigenvalue weighted by atomic mass is 9.91. The van der Waals surface area contributed by atoms with E-state index >= 15 is 0 Å². The summed E-state index contributed by atoms with van der Waals surface area (Å²) in [5, 5.41) is 4.45. The van der Waals surface area contributed by atoms with Gasteiger partial charge in [-0.2, -0.15) is 5.10 Å². The van der Waals surface area contributed by atoms with E-state index < -0.39 is 5.82 Å². The van der Waals surface area contributed by atoms with Crippen molar-refractivity contribution < 1.29 is 9.18 Å². The number of pyridine rings is 1. The van der Waals surface area contributed by atoms with E-state index in [1.54, 1.807) is 6.20 Å². The summed E-state index contributed by atoms with van der Waals surface area (Å²) in [5.74, 6) is -0.846. The first-order chi connectivity index (χ1) is 15.4. The van der Waals surface area contributed by atoms with Crippen LogP contribution in [0.3, 0.4) is 0 Å². The van der Waals surface area contributed by atoms with Gasteiger partial charge in [0.1, 0.15) is 0 Å². The molecule has 7 heteroatoms. The van der Waals surface area contributed by atoms with Crippen LogP contribution in [-0.2, 0) is 13.0 Å². The van der Waals surface area contributed by atoms with Gasteiger partial charge in [-0.25, -0.2) is 14.1 Å². The molecule has 0 atom stereocenters.